The summed E-state index contributed by atoms with van der Waals surface area (Å²) in [7, 11) is 1.89. The van der Waals surface area contributed by atoms with Gasteiger partial charge in [0.1, 0.15) is 11.3 Å². The zero-order valence-corrected chi connectivity index (χ0v) is 20.0. The molecule has 0 bridgehead atoms. The van der Waals surface area contributed by atoms with Gasteiger partial charge in [0.2, 0.25) is 5.43 Å². The van der Waals surface area contributed by atoms with Gasteiger partial charge in [0.25, 0.3) is 0 Å². The van der Waals surface area contributed by atoms with Gasteiger partial charge in [-0.05, 0) is 13.5 Å². The van der Waals surface area contributed by atoms with Crippen molar-refractivity contribution in [2.24, 2.45) is 0 Å². The molecule has 0 saturated carbocycles. The number of fused-ring (bicyclic) bond motifs is 1. The van der Waals surface area contributed by atoms with Crippen LogP contribution in [0.25, 0.3) is 10.9 Å². The number of hydrogen-bond donors (Lipinski definition) is 1. The molecule has 0 amide bonds. The number of aromatic carboxylic acids is 1. The van der Waals surface area contributed by atoms with E-state index in [4.69, 9.17) is 0 Å². The molecule has 0 unspecified atom stereocenters. The van der Waals surface area contributed by atoms with E-state index in [2.05, 4.69) is 6.92 Å². The Morgan fingerprint density at radius 2 is 1.50 bits per heavy atom. The number of carbonyl (C=O) groups is 1. The monoisotopic (exact) mass is 481 g/mol. The lowest BCUT2D eigenvalue weighted by Crippen LogP contribution is -2.45. The van der Waals surface area contributed by atoms with Crippen LogP contribution in [0, 0.1) is 17.5 Å². The summed E-state index contributed by atoms with van der Waals surface area (Å²) < 4.78 is 47.2. The number of pyridine rings is 1. The molecule has 1 aromatic heterocycles. The molecule has 1 saturated heterocycles. The second-order valence-electron chi connectivity index (χ2n) is 9.15. The first kappa shape index (κ1) is 26.1. The van der Waals surface area contributed by atoms with Crippen LogP contribution in [0.3, 0.4) is 0 Å². The van der Waals surface area contributed by atoms with Crippen molar-refractivity contribution < 1.29 is 23.1 Å². The standard InChI is InChI=1S/C25H34F3N3O3/c1-3-4-5-6-7-8-9-10-11-31-16-17(25(33)34)24(32)18-19(26)20(27)23(21(28)22(18)31)30-14-12-29(2)13-15-30/h16H,3-15H2,1-2H3,(H,33,34). The third kappa shape index (κ3) is 5.56. The molecule has 0 radical (unpaired) electrons. The van der Waals surface area contributed by atoms with Gasteiger partial charge in [-0.15, -0.1) is 0 Å². The van der Waals surface area contributed by atoms with Gasteiger partial charge in [0, 0.05) is 38.9 Å². The van der Waals surface area contributed by atoms with Gasteiger partial charge < -0.3 is 19.5 Å². The first-order valence-electron chi connectivity index (χ1n) is 12.2. The molecule has 9 heteroatoms. The minimum absolute atomic E-state index is 0.205. The SMILES string of the molecule is CCCCCCCCCCn1cc(C(=O)O)c(=O)c2c(F)c(F)c(N3CCN(C)CC3)c(F)c21. The van der Waals surface area contributed by atoms with E-state index < -0.39 is 45.5 Å². The van der Waals surface area contributed by atoms with Crippen molar-refractivity contribution in [1.82, 2.24) is 9.47 Å². The van der Waals surface area contributed by atoms with Crippen molar-refractivity contribution in [3.63, 3.8) is 0 Å². The maximum absolute atomic E-state index is 15.7. The molecule has 2 heterocycles. The van der Waals surface area contributed by atoms with Crippen LogP contribution in [0.15, 0.2) is 11.0 Å². The Balaban J connectivity index is 1.97. The highest BCUT2D eigenvalue weighted by Gasteiger charge is 2.30. The van der Waals surface area contributed by atoms with E-state index in [9.17, 15) is 14.7 Å². The molecule has 0 aliphatic carbocycles. The number of halogens is 3. The predicted octanol–water partition coefficient (Wildman–Crippen LogP) is 5.01. The zero-order chi connectivity index (χ0) is 24.8. The summed E-state index contributed by atoms with van der Waals surface area (Å²) in [6.45, 7) is 4.10. The molecule has 1 fully saturated rings. The number of unbranched alkanes of at least 4 members (excludes halogenated alkanes) is 7. The zero-order valence-electron chi connectivity index (χ0n) is 20.0. The number of nitrogens with zero attached hydrogens (tertiary/aromatic N) is 3. The Morgan fingerprint density at radius 3 is 2.09 bits per heavy atom. The molecule has 188 valence electrons. The van der Waals surface area contributed by atoms with Gasteiger partial charge in [0.05, 0.1) is 10.9 Å². The number of benzene rings is 1. The van der Waals surface area contributed by atoms with Crippen LogP contribution >= 0.6 is 0 Å². The van der Waals surface area contributed by atoms with Crippen molar-refractivity contribution >= 4 is 22.6 Å². The highest BCUT2D eigenvalue weighted by atomic mass is 19.2. The van der Waals surface area contributed by atoms with Gasteiger partial charge in [-0.1, -0.05) is 51.9 Å². The minimum Gasteiger partial charge on any atom is -0.477 e. The summed E-state index contributed by atoms with van der Waals surface area (Å²) in [6, 6.07) is 0. The summed E-state index contributed by atoms with van der Waals surface area (Å²) in [5.41, 5.74) is -2.77. The normalized spacial score (nSPS) is 14.8. The molecule has 1 N–H and O–H groups in total. The van der Waals surface area contributed by atoms with E-state index in [0.29, 0.717) is 32.6 Å². The second-order valence-corrected chi connectivity index (χ2v) is 9.15. The van der Waals surface area contributed by atoms with Gasteiger partial charge in [-0.2, -0.15) is 0 Å². The summed E-state index contributed by atoms with van der Waals surface area (Å²) >= 11 is 0. The second kappa shape index (κ2) is 11.7. The van der Waals surface area contributed by atoms with Crippen molar-refractivity contribution in [2.75, 3.05) is 38.1 Å². The topological polar surface area (TPSA) is 65.8 Å². The fraction of sp³-hybridized carbons (Fsp3) is 0.600. The smallest absolute Gasteiger partial charge is 0.341 e. The Morgan fingerprint density at radius 1 is 0.912 bits per heavy atom. The average Bonchev–Trinajstić information content (AvgIpc) is 2.80. The van der Waals surface area contributed by atoms with Crippen molar-refractivity contribution in [3.8, 4) is 0 Å². The van der Waals surface area contributed by atoms with Crippen LogP contribution in [0.1, 0.15) is 68.6 Å². The van der Waals surface area contributed by atoms with Crippen molar-refractivity contribution in [2.45, 2.75) is 64.8 Å². The third-order valence-corrected chi connectivity index (χ3v) is 6.62. The number of likely N-dealkylation sites (N-methyl/N-ethyl adjacent to an activating group) is 1. The maximum atomic E-state index is 15.7. The molecule has 0 atom stereocenters. The molecule has 34 heavy (non-hydrogen) atoms. The lowest BCUT2D eigenvalue weighted by Gasteiger charge is -2.34. The summed E-state index contributed by atoms with van der Waals surface area (Å²) in [4.78, 5) is 27.7. The third-order valence-electron chi connectivity index (χ3n) is 6.62. The molecule has 1 aliphatic heterocycles. The van der Waals surface area contributed by atoms with E-state index in [0.717, 1.165) is 31.9 Å². The highest BCUT2D eigenvalue weighted by molar-refractivity contribution is 5.94. The van der Waals surface area contributed by atoms with Crippen LogP contribution in [0.4, 0.5) is 18.9 Å². The van der Waals surface area contributed by atoms with E-state index in [-0.39, 0.29) is 12.1 Å². The van der Waals surface area contributed by atoms with Crippen LogP contribution < -0.4 is 10.3 Å². The summed E-state index contributed by atoms with van der Waals surface area (Å²) in [5, 5.41) is 8.60. The number of piperazine rings is 1. The number of hydrogen-bond acceptors (Lipinski definition) is 4. The Labute approximate surface area is 198 Å². The van der Waals surface area contributed by atoms with Crippen molar-refractivity contribution in [1.29, 1.82) is 0 Å². The number of aromatic nitrogens is 1. The number of carboxylic acids is 1. The van der Waals surface area contributed by atoms with Crippen LogP contribution in [-0.2, 0) is 6.54 Å². The Hall–Kier alpha value is -2.55. The van der Waals surface area contributed by atoms with E-state index in [1.807, 2.05) is 11.9 Å². The first-order valence-corrected chi connectivity index (χ1v) is 12.2. The lowest BCUT2D eigenvalue weighted by atomic mass is 10.1. The van der Waals surface area contributed by atoms with Gasteiger partial charge in [-0.25, -0.2) is 18.0 Å². The number of anilines is 1. The van der Waals surface area contributed by atoms with Gasteiger partial charge in [-0.3, -0.25) is 4.79 Å². The van der Waals surface area contributed by atoms with E-state index >= 15 is 13.2 Å². The molecule has 2 aromatic rings. The largest absolute Gasteiger partial charge is 0.477 e. The lowest BCUT2D eigenvalue weighted by molar-refractivity contribution is 0.0694. The maximum Gasteiger partial charge on any atom is 0.341 e. The Bertz CT molecular complexity index is 1080. The van der Waals surface area contributed by atoms with Gasteiger partial charge >= 0.3 is 5.97 Å². The number of carboxylic acid groups (broad SMARTS) is 1. The molecule has 6 nitrogen and oxygen atoms in total. The first-order chi connectivity index (χ1) is 16.3. The number of rotatable bonds is 11. The predicted molar refractivity (Wildman–Crippen MR) is 127 cm³/mol. The fourth-order valence-corrected chi connectivity index (χ4v) is 4.58. The van der Waals surface area contributed by atoms with Crippen LogP contribution in [-0.4, -0.2) is 53.8 Å². The quantitative estimate of drug-likeness (QED) is 0.361. The fourth-order valence-electron chi connectivity index (χ4n) is 4.58. The minimum atomic E-state index is -1.56. The van der Waals surface area contributed by atoms with Crippen molar-refractivity contribution in [3.05, 3.63) is 39.4 Å². The Kier molecular flexibility index (Phi) is 8.99. The average molecular weight is 482 g/mol. The summed E-state index contributed by atoms with van der Waals surface area (Å²) in [5.74, 6) is -5.53. The molecular weight excluding hydrogens is 447 g/mol. The molecule has 1 aromatic carbocycles. The molecule has 0 spiro atoms. The molecular formula is C25H34F3N3O3. The highest BCUT2D eigenvalue weighted by Crippen LogP contribution is 2.33. The van der Waals surface area contributed by atoms with Crippen LogP contribution in [0.2, 0.25) is 0 Å². The van der Waals surface area contributed by atoms with E-state index in [1.165, 1.54) is 28.7 Å². The van der Waals surface area contributed by atoms with Gasteiger partial charge in [0.15, 0.2) is 17.5 Å². The molecule has 1 aliphatic rings. The van der Waals surface area contributed by atoms with E-state index in [1.54, 1.807) is 0 Å². The summed E-state index contributed by atoms with van der Waals surface area (Å²) in [6.07, 6.45) is 9.26. The molecule has 3 rings (SSSR count). The van der Waals surface area contributed by atoms with Crippen LogP contribution in [0.5, 0.6) is 0 Å². The number of aryl methyl sites for hydroxylation is 1.